The number of ether oxygens (including phenoxy) is 1. The first-order valence-electron chi connectivity index (χ1n) is 5.31. The lowest BCUT2D eigenvalue weighted by molar-refractivity contribution is 0.0955. The zero-order chi connectivity index (χ0) is 13.0. The summed E-state index contributed by atoms with van der Waals surface area (Å²) < 4.78 is 5.01. The Bertz CT molecular complexity index is 554. The third kappa shape index (κ3) is 2.78. The van der Waals surface area contributed by atoms with E-state index in [1.807, 2.05) is 6.07 Å². The number of nitrogens with two attached hydrogens (primary N) is 1. The van der Waals surface area contributed by atoms with Crippen molar-refractivity contribution in [3.05, 3.63) is 40.2 Å². The molecule has 94 valence electrons. The fourth-order valence-corrected chi connectivity index (χ4v) is 2.17. The molecule has 18 heavy (non-hydrogen) atoms. The van der Waals surface area contributed by atoms with E-state index in [1.165, 1.54) is 11.3 Å². The summed E-state index contributed by atoms with van der Waals surface area (Å²) in [5, 5.41) is 4.59. The van der Waals surface area contributed by atoms with Crippen LogP contribution in [0.25, 0.3) is 0 Å². The van der Waals surface area contributed by atoms with Gasteiger partial charge in [-0.3, -0.25) is 4.79 Å². The number of nitrogens with zero attached hydrogens (tertiary/aromatic N) is 1. The summed E-state index contributed by atoms with van der Waals surface area (Å²) in [7, 11) is 1.55. The average molecular weight is 263 g/mol. The predicted molar refractivity (Wildman–Crippen MR) is 70.7 cm³/mol. The van der Waals surface area contributed by atoms with Crippen molar-refractivity contribution in [2.45, 2.75) is 6.54 Å². The molecule has 2 rings (SSSR count). The molecular formula is C12H13N3O2S. The highest BCUT2D eigenvalue weighted by molar-refractivity contribution is 7.12. The van der Waals surface area contributed by atoms with Crippen molar-refractivity contribution in [1.29, 1.82) is 0 Å². The van der Waals surface area contributed by atoms with Gasteiger partial charge in [0.1, 0.15) is 4.88 Å². The number of thiophene rings is 1. The maximum Gasteiger partial charge on any atom is 0.263 e. The number of pyridine rings is 1. The van der Waals surface area contributed by atoms with Crippen LogP contribution in [0.3, 0.4) is 0 Å². The van der Waals surface area contributed by atoms with Gasteiger partial charge in [0, 0.05) is 18.8 Å². The second-order valence-electron chi connectivity index (χ2n) is 3.59. The molecule has 3 N–H and O–H groups in total. The number of nitrogen functional groups attached to an aromatic ring is 1. The number of methoxy groups -OCH3 is 1. The molecule has 2 aromatic heterocycles. The minimum absolute atomic E-state index is 0.168. The molecule has 0 saturated heterocycles. The zero-order valence-corrected chi connectivity index (χ0v) is 10.7. The molecule has 0 aliphatic rings. The number of hydrogen-bond donors (Lipinski definition) is 2. The molecule has 0 fully saturated rings. The first-order chi connectivity index (χ1) is 8.70. The van der Waals surface area contributed by atoms with Gasteiger partial charge in [0.25, 0.3) is 5.91 Å². The molecule has 2 heterocycles. The van der Waals surface area contributed by atoms with E-state index in [4.69, 9.17) is 10.5 Å². The molecule has 5 nitrogen and oxygen atoms in total. The SMILES string of the molecule is COc1cc(CNC(=O)c2sccc2N)ccn1. The highest BCUT2D eigenvalue weighted by Gasteiger charge is 2.10. The Morgan fingerprint density at radius 3 is 3.06 bits per heavy atom. The van der Waals surface area contributed by atoms with Crippen LogP contribution in [-0.2, 0) is 6.54 Å². The smallest absolute Gasteiger partial charge is 0.263 e. The quantitative estimate of drug-likeness (QED) is 0.879. The Hall–Kier alpha value is -2.08. The van der Waals surface area contributed by atoms with Crippen LogP contribution in [0.15, 0.2) is 29.8 Å². The van der Waals surface area contributed by atoms with E-state index in [-0.39, 0.29) is 5.91 Å². The van der Waals surface area contributed by atoms with E-state index in [2.05, 4.69) is 10.3 Å². The predicted octanol–water partition coefficient (Wildman–Crippen LogP) is 1.66. The van der Waals surface area contributed by atoms with Gasteiger partial charge in [0.15, 0.2) is 0 Å². The second kappa shape index (κ2) is 5.50. The maximum atomic E-state index is 11.8. The minimum atomic E-state index is -0.168. The summed E-state index contributed by atoms with van der Waals surface area (Å²) in [6, 6.07) is 5.31. The van der Waals surface area contributed by atoms with Crippen LogP contribution in [0.2, 0.25) is 0 Å². The Labute approximate surface area is 109 Å². The molecule has 0 aromatic carbocycles. The number of hydrogen-bond acceptors (Lipinski definition) is 5. The number of carbonyl (C=O) groups excluding carboxylic acids is 1. The highest BCUT2D eigenvalue weighted by Crippen LogP contribution is 2.18. The maximum absolute atomic E-state index is 11.8. The number of aromatic nitrogens is 1. The lowest BCUT2D eigenvalue weighted by Gasteiger charge is -2.05. The Kier molecular flexibility index (Phi) is 3.78. The minimum Gasteiger partial charge on any atom is -0.481 e. The van der Waals surface area contributed by atoms with Crippen LogP contribution in [0.1, 0.15) is 15.2 Å². The van der Waals surface area contributed by atoms with Crippen molar-refractivity contribution in [2.75, 3.05) is 12.8 Å². The van der Waals surface area contributed by atoms with Crippen LogP contribution in [0.5, 0.6) is 5.88 Å². The van der Waals surface area contributed by atoms with Gasteiger partial charge in [0.2, 0.25) is 5.88 Å². The van der Waals surface area contributed by atoms with Gasteiger partial charge in [0.05, 0.1) is 12.8 Å². The van der Waals surface area contributed by atoms with E-state index in [0.717, 1.165) is 5.56 Å². The third-order valence-electron chi connectivity index (χ3n) is 2.36. The molecule has 0 saturated carbocycles. The number of rotatable bonds is 4. The van der Waals surface area contributed by atoms with Crippen molar-refractivity contribution in [3.8, 4) is 5.88 Å². The summed E-state index contributed by atoms with van der Waals surface area (Å²) in [4.78, 5) is 16.4. The molecule has 0 atom stereocenters. The van der Waals surface area contributed by atoms with Crippen molar-refractivity contribution < 1.29 is 9.53 Å². The fraction of sp³-hybridized carbons (Fsp3) is 0.167. The molecular weight excluding hydrogens is 250 g/mol. The molecule has 0 aliphatic carbocycles. The lowest BCUT2D eigenvalue weighted by Crippen LogP contribution is -2.22. The van der Waals surface area contributed by atoms with Crippen LogP contribution in [0.4, 0.5) is 5.69 Å². The third-order valence-corrected chi connectivity index (χ3v) is 3.29. The van der Waals surface area contributed by atoms with Crippen molar-refractivity contribution >= 4 is 22.9 Å². The molecule has 0 unspecified atom stereocenters. The standard InChI is InChI=1S/C12H13N3O2S/c1-17-10-6-8(2-4-14-10)7-15-12(16)11-9(13)3-5-18-11/h2-6H,7,13H2,1H3,(H,15,16). The van der Waals surface area contributed by atoms with E-state index < -0.39 is 0 Å². The molecule has 6 heteroatoms. The molecule has 2 aromatic rings. The highest BCUT2D eigenvalue weighted by atomic mass is 32.1. The summed E-state index contributed by atoms with van der Waals surface area (Å²) >= 11 is 1.33. The van der Waals surface area contributed by atoms with Gasteiger partial charge < -0.3 is 15.8 Å². The second-order valence-corrected chi connectivity index (χ2v) is 4.51. The van der Waals surface area contributed by atoms with Gasteiger partial charge in [-0.05, 0) is 23.1 Å². The fourth-order valence-electron chi connectivity index (χ4n) is 1.44. The number of nitrogens with one attached hydrogen (secondary N) is 1. The summed E-state index contributed by atoms with van der Waals surface area (Å²) in [6.45, 7) is 0.412. The largest absolute Gasteiger partial charge is 0.481 e. The van der Waals surface area contributed by atoms with E-state index in [0.29, 0.717) is 23.0 Å². The zero-order valence-electron chi connectivity index (χ0n) is 9.84. The average Bonchev–Trinajstić information content (AvgIpc) is 2.82. The van der Waals surface area contributed by atoms with Crippen LogP contribution in [0, 0.1) is 0 Å². The normalized spacial score (nSPS) is 10.1. The number of amides is 1. The van der Waals surface area contributed by atoms with Crippen LogP contribution >= 0.6 is 11.3 Å². The Balaban J connectivity index is 1.99. The Morgan fingerprint density at radius 1 is 1.56 bits per heavy atom. The first kappa shape index (κ1) is 12.4. The van der Waals surface area contributed by atoms with Crippen molar-refractivity contribution in [3.63, 3.8) is 0 Å². The van der Waals surface area contributed by atoms with Gasteiger partial charge >= 0.3 is 0 Å². The lowest BCUT2D eigenvalue weighted by atomic mass is 10.2. The van der Waals surface area contributed by atoms with Crippen LogP contribution in [-0.4, -0.2) is 18.0 Å². The van der Waals surface area contributed by atoms with E-state index in [1.54, 1.807) is 30.8 Å². The van der Waals surface area contributed by atoms with Crippen molar-refractivity contribution in [1.82, 2.24) is 10.3 Å². The van der Waals surface area contributed by atoms with Crippen LogP contribution < -0.4 is 15.8 Å². The van der Waals surface area contributed by atoms with E-state index in [9.17, 15) is 4.79 Å². The van der Waals surface area contributed by atoms with Gasteiger partial charge in [-0.25, -0.2) is 4.98 Å². The molecule has 1 amide bonds. The monoisotopic (exact) mass is 263 g/mol. The Morgan fingerprint density at radius 2 is 2.39 bits per heavy atom. The molecule has 0 aliphatic heterocycles. The molecule has 0 bridgehead atoms. The summed E-state index contributed by atoms with van der Waals surface area (Å²) in [5.41, 5.74) is 7.10. The van der Waals surface area contributed by atoms with Gasteiger partial charge in [-0.15, -0.1) is 11.3 Å². The molecule has 0 spiro atoms. The summed E-state index contributed by atoms with van der Waals surface area (Å²) in [6.07, 6.45) is 1.64. The molecule has 0 radical (unpaired) electrons. The van der Waals surface area contributed by atoms with Gasteiger partial charge in [-0.2, -0.15) is 0 Å². The van der Waals surface area contributed by atoms with E-state index >= 15 is 0 Å². The van der Waals surface area contributed by atoms with Gasteiger partial charge in [-0.1, -0.05) is 0 Å². The number of anilines is 1. The van der Waals surface area contributed by atoms with Crippen molar-refractivity contribution in [2.24, 2.45) is 0 Å². The first-order valence-corrected chi connectivity index (χ1v) is 6.18. The topological polar surface area (TPSA) is 77.2 Å². The number of carbonyl (C=O) groups is 1. The summed E-state index contributed by atoms with van der Waals surface area (Å²) in [5.74, 6) is 0.357.